The largest absolute Gasteiger partial charge is 0.467 e. The van der Waals surface area contributed by atoms with Gasteiger partial charge in [-0.15, -0.1) is 5.10 Å². The molecular weight excluding hydrogens is 409 g/mol. The number of carbonyl (C=O) groups is 1. The fourth-order valence-corrected chi connectivity index (χ4v) is 3.36. The van der Waals surface area contributed by atoms with Crippen LogP contribution in [0.15, 0.2) is 36.4 Å². The highest BCUT2D eigenvalue weighted by atomic mass is 19.1. The van der Waals surface area contributed by atoms with Crippen LogP contribution in [-0.2, 0) is 17.8 Å². The number of halogens is 1. The Morgan fingerprint density at radius 2 is 2.19 bits per heavy atom. The average Bonchev–Trinajstić information content (AvgIpc) is 3.15. The summed E-state index contributed by atoms with van der Waals surface area (Å²) in [6.45, 7) is 2.23. The van der Waals surface area contributed by atoms with Crippen LogP contribution in [-0.4, -0.2) is 39.2 Å². The van der Waals surface area contributed by atoms with Crippen molar-refractivity contribution in [1.82, 2.24) is 20.3 Å². The zero-order valence-electron chi connectivity index (χ0n) is 16.5. The van der Waals surface area contributed by atoms with Gasteiger partial charge in [0.1, 0.15) is 11.6 Å². The summed E-state index contributed by atoms with van der Waals surface area (Å²) in [6, 6.07) is 8.62. The van der Waals surface area contributed by atoms with Crippen LogP contribution in [0.3, 0.4) is 0 Å². The standard InChI is InChI=1S/C20H18FN5O5/c1-12-18(23-24-25(12)16-3-2-4-17(9-16)26(28)29)20(27)22-6-5-13-7-15(21)8-14-10-30-11-31-19(13)14/h2-4,7-9H,5-6,10-11H2,1H3,(H,22,27). The minimum atomic E-state index is -0.510. The summed E-state index contributed by atoms with van der Waals surface area (Å²) in [4.78, 5) is 23.0. The number of nitro groups is 1. The number of nitrogens with zero attached hydrogens (tertiary/aromatic N) is 4. The number of carbonyl (C=O) groups excluding carboxylic acids is 1. The van der Waals surface area contributed by atoms with Gasteiger partial charge in [0.2, 0.25) is 0 Å². The number of hydrogen-bond donors (Lipinski definition) is 1. The Labute approximate surface area is 175 Å². The molecule has 1 amide bonds. The Hall–Kier alpha value is -3.86. The maximum atomic E-state index is 13.8. The van der Waals surface area contributed by atoms with Crippen LogP contribution in [0, 0.1) is 22.9 Å². The second-order valence-electron chi connectivity index (χ2n) is 6.88. The highest BCUT2D eigenvalue weighted by Gasteiger charge is 2.20. The first-order chi connectivity index (χ1) is 14.9. The Morgan fingerprint density at radius 1 is 1.35 bits per heavy atom. The van der Waals surface area contributed by atoms with Gasteiger partial charge in [-0.3, -0.25) is 14.9 Å². The molecule has 1 aliphatic rings. The predicted octanol–water partition coefficient (Wildman–Crippen LogP) is 2.46. The second kappa shape index (κ2) is 8.48. The summed E-state index contributed by atoms with van der Waals surface area (Å²) >= 11 is 0. The zero-order chi connectivity index (χ0) is 22.0. The maximum absolute atomic E-state index is 13.8. The third kappa shape index (κ3) is 4.21. The van der Waals surface area contributed by atoms with Crippen molar-refractivity contribution in [2.75, 3.05) is 13.3 Å². The third-order valence-electron chi connectivity index (χ3n) is 4.83. The van der Waals surface area contributed by atoms with Crippen LogP contribution in [0.25, 0.3) is 5.69 Å². The molecule has 0 radical (unpaired) electrons. The summed E-state index contributed by atoms with van der Waals surface area (Å²) in [5.74, 6) is -0.275. The maximum Gasteiger partial charge on any atom is 0.273 e. The number of aromatic nitrogens is 3. The van der Waals surface area contributed by atoms with Crippen molar-refractivity contribution in [3.8, 4) is 11.4 Å². The predicted molar refractivity (Wildman–Crippen MR) is 105 cm³/mol. The monoisotopic (exact) mass is 427 g/mol. The molecule has 0 aliphatic carbocycles. The molecule has 0 spiro atoms. The fourth-order valence-electron chi connectivity index (χ4n) is 3.36. The van der Waals surface area contributed by atoms with Gasteiger partial charge < -0.3 is 14.8 Å². The minimum Gasteiger partial charge on any atom is -0.467 e. The van der Waals surface area contributed by atoms with Gasteiger partial charge in [0.05, 0.1) is 22.9 Å². The van der Waals surface area contributed by atoms with E-state index in [1.54, 1.807) is 13.0 Å². The molecule has 160 valence electrons. The van der Waals surface area contributed by atoms with Crippen molar-refractivity contribution in [3.63, 3.8) is 0 Å². The SMILES string of the molecule is Cc1c(C(=O)NCCc2cc(F)cc3c2OCOC3)nnn1-c1cccc([N+](=O)[O-])c1. The van der Waals surface area contributed by atoms with Crippen LogP contribution in [0.4, 0.5) is 10.1 Å². The smallest absolute Gasteiger partial charge is 0.273 e. The number of amides is 1. The van der Waals surface area contributed by atoms with Crippen LogP contribution in [0.1, 0.15) is 27.3 Å². The molecule has 4 rings (SSSR count). The molecule has 0 saturated carbocycles. The molecule has 1 aromatic heterocycles. The molecule has 1 aliphatic heterocycles. The van der Waals surface area contributed by atoms with E-state index in [-0.39, 0.29) is 31.3 Å². The van der Waals surface area contributed by atoms with E-state index in [1.165, 1.54) is 35.0 Å². The number of rotatable bonds is 6. The van der Waals surface area contributed by atoms with E-state index < -0.39 is 16.6 Å². The van der Waals surface area contributed by atoms with Gasteiger partial charge in [-0.25, -0.2) is 9.07 Å². The number of benzene rings is 2. The first-order valence-electron chi connectivity index (χ1n) is 9.41. The summed E-state index contributed by atoms with van der Waals surface area (Å²) in [7, 11) is 0. The molecule has 0 bridgehead atoms. The Bertz CT molecular complexity index is 1160. The van der Waals surface area contributed by atoms with Crippen molar-refractivity contribution >= 4 is 11.6 Å². The van der Waals surface area contributed by atoms with Crippen molar-refractivity contribution in [1.29, 1.82) is 0 Å². The fraction of sp³-hybridized carbons (Fsp3) is 0.250. The van der Waals surface area contributed by atoms with Crippen LogP contribution < -0.4 is 10.1 Å². The van der Waals surface area contributed by atoms with E-state index in [0.717, 1.165) is 0 Å². The average molecular weight is 427 g/mol. The van der Waals surface area contributed by atoms with Crippen LogP contribution >= 0.6 is 0 Å². The minimum absolute atomic E-state index is 0.0931. The molecule has 0 saturated heterocycles. The number of nitrogens with one attached hydrogen (secondary N) is 1. The van der Waals surface area contributed by atoms with Gasteiger partial charge in [0.25, 0.3) is 11.6 Å². The molecule has 0 fully saturated rings. The van der Waals surface area contributed by atoms with Gasteiger partial charge in [-0.2, -0.15) is 0 Å². The zero-order valence-corrected chi connectivity index (χ0v) is 16.5. The highest BCUT2D eigenvalue weighted by Crippen LogP contribution is 2.29. The molecule has 0 unspecified atom stereocenters. The van der Waals surface area contributed by atoms with Crippen molar-refractivity contribution in [2.45, 2.75) is 20.0 Å². The van der Waals surface area contributed by atoms with Crippen LogP contribution in [0.5, 0.6) is 5.75 Å². The summed E-state index contributed by atoms with van der Waals surface area (Å²) in [5, 5.41) is 21.6. The van der Waals surface area contributed by atoms with Crippen molar-refractivity contribution in [3.05, 3.63) is 74.8 Å². The number of fused-ring (bicyclic) bond motifs is 1. The molecule has 11 heteroatoms. The van der Waals surface area contributed by atoms with E-state index in [2.05, 4.69) is 15.6 Å². The van der Waals surface area contributed by atoms with E-state index in [9.17, 15) is 19.3 Å². The van der Waals surface area contributed by atoms with Gasteiger partial charge in [-0.05, 0) is 37.1 Å². The van der Waals surface area contributed by atoms with Crippen molar-refractivity contribution in [2.24, 2.45) is 0 Å². The Balaban J connectivity index is 1.45. The molecule has 0 atom stereocenters. The van der Waals surface area contributed by atoms with Crippen molar-refractivity contribution < 1.29 is 23.6 Å². The number of ether oxygens (including phenoxy) is 2. The summed E-state index contributed by atoms with van der Waals surface area (Å²) < 4.78 is 25.8. The van der Waals surface area contributed by atoms with Gasteiger partial charge in [-0.1, -0.05) is 11.3 Å². The normalized spacial score (nSPS) is 12.7. The van der Waals surface area contributed by atoms with Gasteiger partial charge in [0, 0.05) is 24.2 Å². The molecular formula is C20H18FN5O5. The molecule has 31 heavy (non-hydrogen) atoms. The molecule has 10 nitrogen and oxygen atoms in total. The van der Waals surface area contributed by atoms with E-state index in [4.69, 9.17) is 9.47 Å². The second-order valence-corrected chi connectivity index (χ2v) is 6.88. The summed E-state index contributed by atoms with van der Waals surface area (Å²) in [6.07, 6.45) is 0.351. The molecule has 1 N–H and O–H groups in total. The lowest BCUT2D eigenvalue weighted by molar-refractivity contribution is -0.384. The number of non-ortho nitro benzene ring substituents is 1. The summed E-state index contributed by atoms with van der Waals surface area (Å²) in [5.41, 5.74) is 2.12. The lowest BCUT2D eigenvalue weighted by Gasteiger charge is -2.20. The molecule has 3 aromatic rings. The third-order valence-corrected chi connectivity index (χ3v) is 4.83. The first kappa shape index (κ1) is 20.4. The highest BCUT2D eigenvalue weighted by molar-refractivity contribution is 5.93. The Morgan fingerprint density at radius 3 is 3.00 bits per heavy atom. The molecule has 2 aromatic carbocycles. The van der Waals surface area contributed by atoms with Gasteiger partial charge in [0.15, 0.2) is 12.5 Å². The van der Waals surface area contributed by atoms with Gasteiger partial charge >= 0.3 is 0 Å². The number of hydrogen-bond acceptors (Lipinski definition) is 7. The lowest BCUT2D eigenvalue weighted by Crippen LogP contribution is -2.27. The van der Waals surface area contributed by atoms with E-state index in [1.807, 2.05) is 0 Å². The van der Waals surface area contributed by atoms with E-state index in [0.29, 0.717) is 34.7 Å². The van der Waals surface area contributed by atoms with Crippen LogP contribution in [0.2, 0.25) is 0 Å². The Kier molecular flexibility index (Phi) is 5.58. The first-order valence-corrected chi connectivity index (χ1v) is 9.41. The quantitative estimate of drug-likeness (QED) is 0.474. The molecule has 2 heterocycles. The topological polar surface area (TPSA) is 121 Å². The lowest BCUT2D eigenvalue weighted by atomic mass is 10.1. The number of nitro benzene ring substituents is 1. The van der Waals surface area contributed by atoms with E-state index >= 15 is 0 Å².